The van der Waals surface area contributed by atoms with Gasteiger partial charge in [0.05, 0.1) is 5.69 Å². The Hall–Kier alpha value is -0.590. The second kappa shape index (κ2) is 5.42. The first-order chi connectivity index (χ1) is 9.17. The van der Waals surface area contributed by atoms with Crippen molar-refractivity contribution in [3.8, 4) is 0 Å². The van der Waals surface area contributed by atoms with E-state index in [0.29, 0.717) is 18.0 Å². The smallest absolute Gasteiger partial charge is 0.258 e. The molecule has 1 amide bonds. The first-order valence-electron chi connectivity index (χ1n) is 6.77. The molecule has 0 atom stereocenters. The molecule has 1 aromatic rings. The van der Waals surface area contributed by atoms with Crippen molar-refractivity contribution in [2.75, 3.05) is 16.8 Å². The molecule has 1 aliphatic heterocycles. The SMILES string of the molecule is O=C(Nc1nc2c(s1)CCCC2)C1(O)CCSCC1. The van der Waals surface area contributed by atoms with Crippen molar-refractivity contribution >= 4 is 34.1 Å². The van der Waals surface area contributed by atoms with Crippen LogP contribution in [0.25, 0.3) is 0 Å². The summed E-state index contributed by atoms with van der Waals surface area (Å²) in [6, 6.07) is 0. The predicted octanol–water partition coefficient (Wildman–Crippen LogP) is 2.22. The number of hydrogen-bond donors (Lipinski definition) is 2. The summed E-state index contributed by atoms with van der Waals surface area (Å²) in [5.41, 5.74) is -0.0602. The Balaban J connectivity index is 1.70. The van der Waals surface area contributed by atoms with Crippen LogP contribution in [0.2, 0.25) is 0 Å². The Morgan fingerprint density at radius 2 is 2.00 bits per heavy atom. The molecule has 3 rings (SSSR count). The summed E-state index contributed by atoms with van der Waals surface area (Å²) in [7, 11) is 0. The number of thiazole rings is 1. The highest BCUT2D eigenvalue weighted by atomic mass is 32.2. The molecule has 0 bridgehead atoms. The van der Waals surface area contributed by atoms with Crippen molar-refractivity contribution in [1.29, 1.82) is 0 Å². The molecular weight excluding hydrogens is 280 g/mol. The van der Waals surface area contributed by atoms with Crippen LogP contribution in [0.5, 0.6) is 0 Å². The molecular formula is C13H18N2O2S2. The number of hydrogen-bond acceptors (Lipinski definition) is 5. The van der Waals surface area contributed by atoms with Crippen molar-refractivity contribution < 1.29 is 9.90 Å². The summed E-state index contributed by atoms with van der Waals surface area (Å²) in [6.07, 6.45) is 5.56. The lowest BCUT2D eigenvalue weighted by Gasteiger charge is -2.29. The van der Waals surface area contributed by atoms with Crippen LogP contribution in [0.3, 0.4) is 0 Å². The van der Waals surface area contributed by atoms with E-state index in [9.17, 15) is 9.90 Å². The van der Waals surface area contributed by atoms with Crippen LogP contribution in [-0.4, -0.2) is 33.1 Å². The molecule has 1 saturated heterocycles. The molecule has 1 aliphatic carbocycles. The largest absolute Gasteiger partial charge is 0.380 e. The molecule has 4 nitrogen and oxygen atoms in total. The Bertz CT molecular complexity index is 457. The Morgan fingerprint density at radius 1 is 1.26 bits per heavy atom. The van der Waals surface area contributed by atoms with Crippen LogP contribution < -0.4 is 5.32 Å². The molecule has 1 aromatic heterocycles. The van der Waals surface area contributed by atoms with Crippen molar-refractivity contribution in [3.05, 3.63) is 10.6 Å². The van der Waals surface area contributed by atoms with Gasteiger partial charge in [-0.05, 0) is 50.0 Å². The average Bonchev–Trinajstić information content (AvgIpc) is 2.81. The molecule has 0 spiro atoms. The van der Waals surface area contributed by atoms with Gasteiger partial charge in [0.1, 0.15) is 5.60 Å². The maximum absolute atomic E-state index is 12.2. The van der Waals surface area contributed by atoms with E-state index in [1.165, 1.54) is 17.7 Å². The first-order valence-corrected chi connectivity index (χ1v) is 8.75. The quantitative estimate of drug-likeness (QED) is 0.879. The second-order valence-electron chi connectivity index (χ2n) is 5.19. The fourth-order valence-electron chi connectivity index (χ4n) is 2.56. The minimum atomic E-state index is -1.20. The van der Waals surface area contributed by atoms with E-state index in [4.69, 9.17) is 0 Å². The molecule has 104 valence electrons. The summed E-state index contributed by atoms with van der Waals surface area (Å²) in [6.45, 7) is 0. The van der Waals surface area contributed by atoms with E-state index >= 15 is 0 Å². The third-order valence-electron chi connectivity index (χ3n) is 3.81. The van der Waals surface area contributed by atoms with Crippen LogP contribution >= 0.6 is 23.1 Å². The van der Waals surface area contributed by atoms with Gasteiger partial charge in [-0.1, -0.05) is 0 Å². The lowest BCUT2D eigenvalue weighted by atomic mass is 9.96. The van der Waals surface area contributed by atoms with Crippen LogP contribution in [0.4, 0.5) is 5.13 Å². The number of rotatable bonds is 2. The number of nitrogens with one attached hydrogen (secondary N) is 1. The Morgan fingerprint density at radius 3 is 2.74 bits per heavy atom. The van der Waals surface area contributed by atoms with Gasteiger partial charge in [0.25, 0.3) is 5.91 Å². The highest BCUT2D eigenvalue weighted by molar-refractivity contribution is 7.99. The van der Waals surface area contributed by atoms with Gasteiger partial charge in [-0.2, -0.15) is 11.8 Å². The predicted molar refractivity (Wildman–Crippen MR) is 78.9 cm³/mol. The van der Waals surface area contributed by atoms with Gasteiger partial charge < -0.3 is 5.11 Å². The summed E-state index contributed by atoms with van der Waals surface area (Å²) in [5, 5.41) is 13.8. The molecule has 0 radical (unpaired) electrons. The minimum absolute atomic E-state index is 0.279. The van der Waals surface area contributed by atoms with Crippen LogP contribution in [0.15, 0.2) is 0 Å². The number of aromatic nitrogens is 1. The summed E-state index contributed by atoms with van der Waals surface area (Å²) in [5.74, 6) is 1.41. The van der Waals surface area contributed by atoms with Crippen LogP contribution in [-0.2, 0) is 17.6 Å². The van der Waals surface area contributed by atoms with E-state index < -0.39 is 5.60 Å². The zero-order valence-electron chi connectivity index (χ0n) is 10.8. The lowest BCUT2D eigenvalue weighted by molar-refractivity contribution is -0.134. The maximum Gasteiger partial charge on any atom is 0.258 e. The molecule has 19 heavy (non-hydrogen) atoms. The monoisotopic (exact) mass is 298 g/mol. The van der Waals surface area contributed by atoms with Gasteiger partial charge in [0, 0.05) is 4.88 Å². The van der Waals surface area contributed by atoms with Crippen molar-refractivity contribution in [1.82, 2.24) is 4.98 Å². The molecule has 0 unspecified atom stereocenters. The molecule has 0 saturated carbocycles. The number of nitrogens with zero attached hydrogens (tertiary/aromatic N) is 1. The molecule has 2 aliphatic rings. The normalized spacial score (nSPS) is 21.7. The van der Waals surface area contributed by atoms with E-state index in [2.05, 4.69) is 10.3 Å². The van der Waals surface area contributed by atoms with Crippen LogP contribution in [0.1, 0.15) is 36.3 Å². The van der Waals surface area contributed by atoms with E-state index in [0.717, 1.165) is 30.0 Å². The first kappa shape index (κ1) is 13.4. The third kappa shape index (κ3) is 2.80. The highest BCUT2D eigenvalue weighted by Crippen LogP contribution is 2.32. The van der Waals surface area contributed by atoms with Gasteiger partial charge in [0.2, 0.25) is 0 Å². The lowest BCUT2D eigenvalue weighted by Crippen LogP contribution is -2.45. The Kier molecular flexibility index (Phi) is 3.82. The van der Waals surface area contributed by atoms with E-state index in [1.54, 1.807) is 23.1 Å². The fraction of sp³-hybridized carbons (Fsp3) is 0.692. The van der Waals surface area contributed by atoms with Crippen molar-refractivity contribution in [2.45, 2.75) is 44.1 Å². The number of amides is 1. The summed E-state index contributed by atoms with van der Waals surface area (Å²) < 4.78 is 0. The number of thioether (sulfide) groups is 1. The van der Waals surface area contributed by atoms with Gasteiger partial charge in [-0.3, -0.25) is 10.1 Å². The number of aryl methyl sites for hydroxylation is 2. The second-order valence-corrected chi connectivity index (χ2v) is 7.50. The number of carbonyl (C=O) groups is 1. The highest BCUT2D eigenvalue weighted by Gasteiger charge is 2.37. The summed E-state index contributed by atoms with van der Waals surface area (Å²) in [4.78, 5) is 18.0. The average molecular weight is 298 g/mol. The number of carbonyl (C=O) groups excluding carboxylic acids is 1. The van der Waals surface area contributed by atoms with Gasteiger partial charge >= 0.3 is 0 Å². The minimum Gasteiger partial charge on any atom is -0.380 e. The zero-order valence-corrected chi connectivity index (χ0v) is 12.4. The maximum atomic E-state index is 12.2. The standard InChI is InChI=1S/C13H18N2O2S2/c16-11(13(17)5-7-18-8-6-13)15-12-14-9-3-1-2-4-10(9)19-12/h17H,1-8H2,(H,14,15,16). The van der Waals surface area contributed by atoms with E-state index in [-0.39, 0.29) is 5.91 Å². The van der Waals surface area contributed by atoms with Crippen molar-refractivity contribution in [2.24, 2.45) is 0 Å². The third-order valence-corrected chi connectivity index (χ3v) is 5.87. The number of anilines is 1. The van der Waals surface area contributed by atoms with Gasteiger partial charge in [-0.25, -0.2) is 4.98 Å². The molecule has 2 N–H and O–H groups in total. The zero-order chi connectivity index (χ0) is 13.3. The molecule has 1 fully saturated rings. The Labute approximate surface area is 121 Å². The fourth-order valence-corrected chi connectivity index (χ4v) is 4.77. The molecule has 0 aromatic carbocycles. The topological polar surface area (TPSA) is 62.2 Å². The van der Waals surface area contributed by atoms with Crippen molar-refractivity contribution in [3.63, 3.8) is 0 Å². The number of fused-ring (bicyclic) bond motifs is 1. The number of aliphatic hydroxyl groups is 1. The van der Waals surface area contributed by atoms with E-state index in [1.807, 2.05) is 0 Å². The van der Waals surface area contributed by atoms with Crippen LogP contribution in [0, 0.1) is 0 Å². The summed E-state index contributed by atoms with van der Waals surface area (Å²) >= 11 is 3.36. The van der Waals surface area contributed by atoms with Gasteiger partial charge in [0.15, 0.2) is 5.13 Å². The molecule has 6 heteroatoms. The molecule has 2 heterocycles. The van der Waals surface area contributed by atoms with Gasteiger partial charge in [-0.15, -0.1) is 11.3 Å².